The highest BCUT2D eigenvalue weighted by molar-refractivity contribution is 14.1. The minimum atomic E-state index is -0.418. The smallest absolute Gasteiger partial charge is 0.332 e. The van der Waals surface area contributed by atoms with Gasteiger partial charge in [-0.05, 0) is 19.9 Å². The Morgan fingerprint density at radius 1 is 1.75 bits per heavy atom. The SMILES string of the molecule is CCC(CCN(C)I)C(=O)NC1COC1=O. The van der Waals surface area contributed by atoms with E-state index in [9.17, 15) is 9.59 Å². The van der Waals surface area contributed by atoms with Crippen LogP contribution in [0.1, 0.15) is 19.8 Å². The Kier molecular flexibility index (Phi) is 5.47. The molecule has 5 nitrogen and oxygen atoms in total. The fourth-order valence-corrected chi connectivity index (χ4v) is 1.76. The second-order valence-corrected chi connectivity index (χ2v) is 5.56. The summed E-state index contributed by atoms with van der Waals surface area (Å²) in [6.45, 7) is 3.16. The Bertz CT molecular complexity index is 271. The first-order valence-corrected chi connectivity index (χ1v) is 6.35. The molecule has 1 fully saturated rings. The Morgan fingerprint density at radius 3 is 2.81 bits per heavy atom. The zero-order valence-corrected chi connectivity index (χ0v) is 11.7. The van der Waals surface area contributed by atoms with Crippen LogP contribution in [0.25, 0.3) is 0 Å². The van der Waals surface area contributed by atoms with Crippen molar-refractivity contribution >= 4 is 34.7 Å². The van der Waals surface area contributed by atoms with Gasteiger partial charge < -0.3 is 10.1 Å². The van der Waals surface area contributed by atoms with Crippen molar-refractivity contribution in [3.05, 3.63) is 0 Å². The quantitative estimate of drug-likeness (QED) is 0.440. The van der Waals surface area contributed by atoms with Crippen LogP contribution in [-0.2, 0) is 14.3 Å². The van der Waals surface area contributed by atoms with E-state index in [1.54, 1.807) is 0 Å². The van der Waals surface area contributed by atoms with Crippen molar-refractivity contribution in [1.29, 1.82) is 0 Å². The minimum absolute atomic E-state index is 0.0226. The highest BCUT2D eigenvalue weighted by Crippen LogP contribution is 2.12. The highest BCUT2D eigenvalue weighted by atomic mass is 127. The van der Waals surface area contributed by atoms with E-state index in [4.69, 9.17) is 0 Å². The van der Waals surface area contributed by atoms with E-state index < -0.39 is 6.04 Å². The average molecular weight is 340 g/mol. The van der Waals surface area contributed by atoms with Crippen LogP contribution in [-0.4, -0.2) is 41.2 Å². The van der Waals surface area contributed by atoms with Gasteiger partial charge in [0.05, 0.1) is 0 Å². The number of esters is 1. The second-order valence-electron chi connectivity index (χ2n) is 3.91. The number of carbonyl (C=O) groups excluding carboxylic acids is 2. The molecule has 6 heteroatoms. The van der Waals surface area contributed by atoms with E-state index >= 15 is 0 Å². The first-order chi connectivity index (χ1) is 7.54. The fourth-order valence-electron chi connectivity index (χ4n) is 1.48. The van der Waals surface area contributed by atoms with Crippen LogP contribution in [0, 0.1) is 5.92 Å². The van der Waals surface area contributed by atoms with Gasteiger partial charge in [-0.25, -0.2) is 4.79 Å². The zero-order chi connectivity index (χ0) is 12.1. The maximum atomic E-state index is 11.8. The number of ether oxygens (including phenoxy) is 1. The molecule has 16 heavy (non-hydrogen) atoms. The summed E-state index contributed by atoms with van der Waals surface area (Å²) in [4.78, 5) is 22.7. The maximum absolute atomic E-state index is 11.8. The molecule has 1 amide bonds. The number of nitrogens with one attached hydrogen (secondary N) is 1. The van der Waals surface area contributed by atoms with Gasteiger partial charge in [0.25, 0.3) is 0 Å². The van der Waals surface area contributed by atoms with Gasteiger partial charge in [0.15, 0.2) is 6.04 Å². The third-order valence-corrected chi connectivity index (χ3v) is 3.12. The predicted molar refractivity (Wildman–Crippen MR) is 67.9 cm³/mol. The number of hydrogen-bond donors (Lipinski definition) is 1. The topological polar surface area (TPSA) is 58.6 Å². The largest absolute Gasteiger partial charge is 0.461 e. The first-order valence-electron chi connectivity index (χ1n) is 5.38. The molecule has 1 heterocycles. The lowest BCUT2D eigenvalue weighted by molar-refractivity contribution is -0.165. The van der Waals surface area contributed by atoms with Crippen LogP contribution in [0.2, 0.25) is 0 Å². The molecule has 1 aliphatic rings. The van der Waals surface area contributed by atoms with Crippen molar-refractivity contribution in [2.45, 2.75) is 25.8 Å². The number of amides is 1. The third-order valence-electron chi connectivity index (χ3n) is 2.64. The zero-order valence-electron chi connectivity index (χ0n) is 9.53. The summed E-state index contributed by atoms with van der Waals surface area (Å²) in [5, 5.41) is 2.71. The molecule has 1 N–H and O–H groups in total. The number of halogens is 1. The van der Waals surface area contributed by atoms with E-state index in [0.29, 0.717) is 6.61 Å². The molecular formula is C10H17IN2O3. The molecule has 0 spiro atoms. The molecule has 92 valence electrons. The number of nitrogens with zero attached hydrogens (tertiary/aromatic N) is 1. The van der Waals surface area contributed by atoms with E-state index in [1.807, 2.05) is 17.1 Å². The lowest BCUT2D eigenvalue weighted by Gasteiger charge is -2.27. The summed E-state index contributed by atoms with van der Waals surface area (Å²) in [5.41, 5.74) is 0. The van der Waals surface area contributed by atoms with Crippen molar-refractivity contribution in [3.63, 3.8) is 0 Å². The summed E-state index contributed by atoms with van der Waals surface area (Å²) in [6, 6.07) is -0.418. The Balaban J connectivity index is 2.33. The normalized spacial score (nSPS) is 21.2. The van der Waals surface area contributed by atoms with E-state index in [1.165, 1.54) is 0 Å². The summed E-state index contributed by atoms with van der Waals surface area (Å²) in [5.74, 6) is -0.387. The van der Waals surface area contributed by atoms with Gasteiger partial charge >= 0.3 is 5.97 Å². The van der Waals surface area contributed by atoms with Gasteiger partial charge in [0.2, 0.25) is 5.91 Å². The monoisotopic (exact) mass is 340 g/mol. The van der Waals surface area contributed by atoms with Crippen molar-refractivity contribution < 1.29 is 14.3 Å². The molecule has 2 unspecified atom stereocenters. The van der Waals surface area contributed by atoms with Crippen LogP contribution < -0.4 is 5.32 Å². The van der Waals surface area contributed by atoms with Crippen molar-refractivity contribution in [2.24, 2.45) is 5.92 Å². The Labute approximate surface area is 109 Å². The van der Waals surface area contributed by atoms with Gasteiger partial charge in [0, 0.05) is 35.3 Å². The Morgan fingerprint density at radius 2 is 2.44 bits per heavy atom. The summed E-state index contributed by atoms with van der Waals surface area (Å²) in [7, 11) is 1.97. The molecule has 0 radical (unpaired) electrons. The number of cyclic esters (lactones) is 1. The fraction of sp³-hybridized carbons (Fsp3) is 0.800. The molecular weight excluding hydrogens is 323 g/mol. The summed E-state index contributed by atoms with van der Waals surface area (Å²) in [6.07, 6.45) is 1.60. The molecule has 0 aromatic carbocycles. The Hall–Kier alpha value is -0.370. The molecule has 0 aliphatic carbocycles. The molecule has 1 saturated heterocycles. The van der Waals surface area contributed by atoms with Crippen molar-refractivity contribution in [2.75, 3.05) is 20.2 Å². The molecule has 1 rings (SSSR count). The third kappa shape index (κ3) is 3.89. The van der Waals surface area contributed by atoms with E-state index in [0.717, 1.165) is 19.4 Å². The molecule has 0 saturated carbocycles. The van der Waals surface area contributed by atoms with Crippen molar-refractivity contribution in [3.8, 4) is 0 Å². The summed E-state index contributed by atoms with van der Waals surface area (Å²) >= 11 is 2.19. The van der Waals surface area contributed by atoms with Gasteiger partial charge in [0.1, 0.15) is 6.61 Å². The molecule has 0 aromatic heterocycles. The molecule has 2 atom stereocenters. The lowest BCUT2D eigenvalue weighted by atomic mass is 10.0. The van der Waals surface area contributed by atoms with E-state index in [-0.39, 0.29) is 17.8 Å². The second kappa shape index (κ2) is 6.39. The number of carbonyl (C=O) groups is 2. The van der Waals surface area contributed by atoms with Crippen LogP contribution in [0.4, 0.5) is 0 Å². The van der Waals surface area contributed by atoms with E-state index in [2.05, 4.69) is 32.9 Å². The predicted octanol–water partition coefficient (Wildman–Crippen LogP) is 0.726. The van der Waals surface area contributed by atoms with Crippen LogP contribution >= 0.6 is 22.9 Å². The highest BCUT2D eigenvalue weighted by Gasteiger charge is 2.33. The molecule has 0 bridgehead atoms. The number of rotatable bonds is 6. The van der Waals surface area contributed by atoms with Crippen LogP contribution in [0.15, 0.2) is 0 Å². The number of hydrogen-bond acceptors (Lipinski definition) is 4. The average Bonchev–Trinajstić information content (AvgIpc) is 2.24. The van der Waals surface area contributed by atoms with Crippen LogP contribution in [0.3, 0.4) is 0 Å². The summed E-state index contributed by atoms with van der Waals surface area (Å²) < 4.78 is 6.61. The van der Waals surface area contributed by atoms with Gasteiger partial charge in [-0.1, -0.05) is 6.92 Å². The van der Waals surface area contributed by atoms with Crippen LogP contribution in [0.5, 0.6) is 0 Å². The van der Waals surface area contributed by atoms with Gasteiger partial charge in [-0.2, -0.15) is 0 Å². The molecule has 1 aliphatic heterocycles. The van der Waals surface area contributed by atoms with Crippen molar-refractivity contribution in [1.82, 2.24) is 8.43 Å². The lowest BCUT2D eigenvalue weighted by Crippen LogP contribution is -2.54. The maximum Gasteiger partial charge on any atom is 0.332 e. The standard InChI is InChI=1S/C10H17IN2O3/c1-3-7(4-5-13(2)11)9(14)12-8-6-16-10(8)15/h7-8H,3-6H2,1-2H3,(H,12,14). The minimum Gasteiger partial charge on any atom is -0.461 e. The first kappa shape index (κ1) is 13.7. The molecule has 0 aromatic rings. The van der Waals surface area contributed by atoms with Gasteiger partial charge in [-0.15, -0.1) is 0 Å². The van der Waals surface area contributed by atoms with Gasteiger partial charge in [-0.3, -0.25) is 7.91 Å².